The van der Waals surface area contributed by atoms with Gasteiger partial charge in [-0.05, 0) is 72.0 Å². The Morgan fingerprint density at radius 2 is 1.63 bits per heavy atom. The van der Waals surface area contributed by atoms with E-state index in [1.54, 1.807) is 43.5 Å². The third-order valence-electron chi connectivity index (χ3n) is 7.59. The van der Waals surface area contributed by atoms with E-state index in [1.165, 1.54) is 28.7 Å². The zero-order valence-corrected chi connectivity index (χ0v) is 29.4. The molecule has 5 aromatic rings. The number of carbonyl (C=O) groups is 3. The quantitative estimate of drug-likeness (QED) is 0.0842. The molecule has 1 unspecified atom stereocenters. The second-order valence-corrected chi connectivity index (χ2v) is 13.6. The maximum atomic E-state index is 13.6. The molecule has 250 valence electrons. The molecule has 10 heteroatoms. The van der Waals surface area contributed by atoms with Crippen LogP contribution in [0.15, 0.2) is 119 Å². The number of aromatic nitrogens is 1. The first-order valence-electron chi connectivity index (χ1n) is 15.9. The number of ether oxygens (including phenoxy) is 1. The lowest BCUT2D eigenvalue weighted by Crippen LogP contribution is -2.30. The van der Waals surface area contributed by atoms with E-state index in [0.29, 0.717) is 34.5 Å². The molecule has 3 amide bonds. The van der Waals surface area contributed by atoms with E-state index < -0.39 is 17.1 Å². The summed E-state index contributed by atoms with van der Waals surface area (Å²) in [5.41, 5.74) is 4.60. The zero-order valence-electron chi connectivity index (χ0n) is 27.7. The Hall–Kier alpha value is -5.19. The van der Waals surface area contributed by atoms with Crippen LogP contribution in [0.5, 0.6) is 5.75 Å². The molecule has 0 radical (unpaired) electrons. The fourth-order valence-electron chi connectivity index (χ4n) is 4.92. The van der Waals surface area contributed by atoms with Crippen molar-refractivity contribution in [2.45, 2.75) is 43.3 Å². The third-order valence-corrected chi connectivity index (χ3v) is 9.71. The van der Waals surface area contributed by atoms with Crippen LogP contribution in [0.4, 0.5) is 10.8 Å². The van der Waals surface area contributed by atoms with E-state index in [1.807, 2.05) is 85.1 Å². The van der Waals surface area contributed by atoms with Gasteiger partial charge in [0.1, 0.15) is 11.4 Å². The highest BCUT2D eigenvalue weighted by Gasteiger charge is 2.21. The summed E-state index contributed by atoms with van der Waals surface area (Å²) < 4.78 is 5.46. The van der Waals surface area contributed by atoms with Crippen molar-refractivity contribution in [1.82, 2.24) is 10.3 Å². The van der Waals surface area contributed by atoms with Gasteiger partial charge in [0, 0.05) is 27.1 Å². The van der Waals surface area contributed by atoms with E-state index >= 15 is 0 Å². The van der Waals surface area contributed by atoms with E-state index in [-0.39, 0.29) is 11.6 Å². The summed E-state index contributed by atoms with van der Waals surface area (Å²) in [5, 5.41) is 10.7. The lowest BCUT2D eigenvalue weighted by Gasteiger charge is -2.15. The van der Waals surface area contributed by atoms with Crippen molar-refractivity contribution in [3.63, 3.8) is 0 Å². The molecule has 1 atom stereocenters. The van der Waals surface area contributed by atoms with Crippen LogP contribution < -0.4 is 20.7 Å². The standard InChI is InChI=1S/C39H38N4O4S2/c1-5-35(38(46)43-39-42-33(24-48-39)31-16-9-10-17-34(31)47-4)49-30-15-11-14-29(23-30)40-37(45)32(41-36(44)28-12-7-6-8-13-28)22-26-18-20-27(21-19-26)25(2)3/h6-25,35H,5H2,1-4H3,(H,40,45)(H,41,44)(H,42,43,46)/b32-22+. The average molecular weight is 691 g/mol. The molecule has 0 saturated carbocycles. The van der Waals surface area contributed by atoms with Gasteiger partial charge in [-0.15, -0.1) is 23.1 Å². The molecule has 8 nitrogen and oxygen atoms in total. The van der Waals surface area contributed by atoms with Crippen molar-refractivity contribution >= 4 is 57.7 Å². The molecule has 4 aromatic carbocycles. The Kier molecular flexibility index (Phi) is 12.0. The number of methoxy groups -OCH3 is 1. The van der Waals surface area contributed by atoms with Gasteiger partial charge in [0.25, 0.3) is 11.8 Å². The Morgan fingerprint density at radius 1 is 0.898 bits per heavy atom. The summed E-state index contributed by atoms with van der Waals surface area (Å²) in [4.78, 5) is 45.4. The number of thioether (sulfide) groups is 1. The van der Waals surface area contributed by atoms with Gasteiger partial charge in [-0.3, -0.25) is 14.4 Å². The minimum atomic E-state index is -0.473. The average Bonchev–Trinajstić information content (AvgIpc) is 3.59. The SMILES string of the molecule is CCC(Sc1cccc(NC(=O)/C(=C\c2ccc(C(C)C)cc2)NC(=O)c2ccccc2)c1)C(=O)Nc1nc(-c2ccccc2OC)cs1. The Bertz CT molecular complexity index is 1940. The van der Waals surface area contributed by atoms with Crippen LogP contribution in [-0.4, -0.2) is 35.1 Å². The number of amides is 3. The van der Waals surface area contributed by atoms with Crippen molar-refractivity contribution < 1.29 is 19.1 Å². The number of nitrogens with one attached hydrogen (secondary N) is 3. The van der Waals surface area contributed by atoms with Crippen LogP contribution >= 0.6 is 23.1 Å². The van der Waals surface area contributed by atoms with Gasteiger partial charge in [-0.1, -0.05) is 81.4 Å². The fourth-order valence-corrected chi connectivity index (χ4v) is 6.64. The molecular formula is C39H38N4O4S2. The first-order chi connectivity index (χ1) is 23.7. The maximum Gasteiger partial charge on any atom is 0.272 e. The second kappa shape index (κ2) is 16.8. The lowest BCUT2D eigenvalue weighted by atomic mass is 10.0. The highest BCUT2D eigenvalue weighted by Crippen LogP contribution is 2.33. The third kappa shape index (κ3) is 9.46. The molecule has 0 aliphatic rings. The van der Waals surface area contributed by atoms with E-state index in [9.17, 15) is 14.4 Å². The zero-order chi connectivity index (χ0) is 34.8. The number of hydrogen-bond acceptors (Lipinski definition) is 7. The summed E-state index contributed by atoms with van der Waals surface area (Å²) in [7, 11) is 1.61. The number of anilines is 2. The molecule has 5 rings (SSSR count). The van der Waals surface area contributed by atoms with Gasteiger partial charge < -0.3 is 20.7 Å². The Labute approximate surface area is 295 Å². The minimum Gasteiger partial charge on any atom is -0.496 e. The highest BCUT2D eigenvalue weighted by atomic mass is 32.2. The lowest BCUT2D eigenvalue weighted by molar-refractivity contribution is -0.116. The molecule has 3 N–H and O–H groups in total. The van der Waals surface area contributed by atoms with Gasteiger partial charge in [0.05, 0.1) is 18.1 Å². The van der Waals surface area contributed by atoms with E-state index in [2.05, 4.69) is 34.8 Å². The smallest absolute Gasteiger partial charge is 0.272 e. The number of nitrogens with zero attached hydrogens (tertiary/aromatic N) is 1. The predicted octanol–water partition coefficient (Wildman–Crippen LogP) is 8.86. The van der Waals surface area contributed by atoms with Crippen molar-refractivity contribution in [2.24, 2.45) is 0 Å². The van der Waals surface area contributed by atoms with Crippen LogP contribution in [0.2, 0.25) is 0 Å². The summed E-state index contributed by atoms with van der Waals surface area (Å²) in [6.45, 7) is 6.18. The molecule has 49 heavy (non-hydrogen) atoms. The van der Waals surface area contributed by atoms with Gasteiger partial charge in [-0.2, -0.15) is 0 Å². The van der Waals surface area contributed by atoms with Gasteiger partial charge >= 0.3 is 0 Å². The largest absolute Gasteiger partial charge is 0.496 e. The number of benzene rings is 4. The monoisotopic (exact) mass is 690 g/mol. The van der Waals surface area contributed by atoms with Crippen molar-refractivity contribution in [3.8, 4) is 17.0 Å². The Balaban J connectivity index is 1.28. The fraction of sp³-hybridized carbons (Fsp3) is 0.179. The van der Waals surface area contributed by atoms with Gasteiger partial charge in [0.2, 0.25) is 5.91 Å². The first-order valence-corrected chi connectivity index (χ1v) is 17.7. The van der Waals surface area contributed by atoms with Crippen LogP contribution in [0.3, 0.4) is 0 Å². The van der Waals surface area contributed by atoms with Crippen molar-refractivity contribution in [1.29, 1.82) is 0 Å². The molecule has 0 aliphatic heterocycles. The predicted molar refractivity (Wildman–Crippen MR) is 200 cm³/mol. The van der Waals surface area contributed by atoms with Crippen LogP contribution in [0.1, 0.15) is 54.6 Å². The van der Waals surface area contributed by atoms with E-state index in [4.69, 9.17) is 4.74 Å². The van der Waals surface area contributed by atoms with Crippen LogP contribution in [-0.2, 0) is 9.59 Å². The van der Waals surface area contributed by atoms with E-state index in [0.717, 1.165) is 21.7 Å². The minimum absolute atomic E-state index is 0.103. The summed E-state index contributed by atoms with van der Waals surface area (Å²) in [5.74, 6) is 0.0452. The summed E-state index contributed by atoms with van der Waals surface area (Å²) in [6.07, 6.45) is 2.24. The molecule has 0 saturated heterocycles. The summed E-state index contributed by atoms with van der Waals surface area (Å²) in [6, 6.07) is 31.5. The van der Waals surface area contributed by atoms with Crippen molar-refractivity contribution in [2.75, 3.05) is 17.7 Å². The van der Waals surface area contributed by atoms with Gasteiger partial charge in [0.15, 0.2) is 5.13 Å². The molecule has 1 heterocycles. The molecule has 0 spiro atoms. The number of para-hydroxylation sites is 1. The highest BCUT2D eigenvalue weighted by molar-refractivity contribution is 8.00. The van der Waals surface area contributed by atoms with Gasteiger partial charge in [-0.25, -0.2) is 4.98 Å². The number of carbonyl (C=O) groups excluding carboxylic acids is 3. The first kappa shape index (κ1) is 35.1. The number of rotatable bonds is 13. The number of hydrogen-bond donors (Lipinski definition) is 3. The number of thiazole rings is 1. The maximum absolute atomic E-state index is 13.6. The molecule has 0 bridgehead atoms. The summed E-state index contributed by atoms with van der Waals surface area (Å²) >= 11 is 2.75. The van der Waals surface area contributed by atoms with Crippen LogP contribution in [0, 0.1) is 0 Å². The second-order valence-electron chi connectivity index (χ2n) is 11.4. The normalized spacial score (nSPS) is 11.9. The molecular weight excluding hydrogens is 653 g/mol. The Morgan fingerprint density at radius 3 is 2.35 bits per heavy atom. The molecule has 1 aromatic heterocycles. The van der Waals surface area contributed by atoms with Crippen LogP contribution in [0.25, 0.3) is 17.3 Å². The molecule has 0 aliphatic carbocycles. The topological polar surface area (TPSA) is 109 Å². The van der Waals surface area contributed by atoms with Crippen molar-refractivity contribution in [3.05, 3.63) is 131 Å². The molecule has 0 fully saturated rings.